The number of hydrogen-bond donors (Lipinski definition) is 0. The zero-order valence-corrected chi connectivity index (χ0v) is 13.6. The van der Waals surface area contributed by atoms with Crippen LogP contribution in [0.25, 0.3) is 0 Å². The van der Waals surface area contributed by atoms with Gasteiger partial charge in [0, 0.05) is 26.5 Å². The fraction of sp³-hybridized carbons (Fsp3) is 0.692. The zero-order valence-electron chi connectivity index (χ0n) is 9.72. The lowest BCUT2D eigenvalue weighted by molar-refractivity contribution is 0.226. The van der Waals surface area contributed by atoms with E-state index < -0.39 is 0 Å². The van der Waals surface area contributed by atoms with Gasteiger partial charge in [-0.25, -0.2) is 0 Å². The summed E-state index contributed by atoms with van der Waals surface area (Å²) in [6.45, 7) is 0. The van der Waals surface area contributed by atoms with Crippen LogP contribution in [0.2, 0.25) is 0 Å². The third-order valence-corrected chi connectivity index (χ3v) is 6.95. The Balaban J connectivity index is 2.18. The average Bonchev–Trinajstić information content (AvgIpc) is 2.98. The SMILES string of the molecule is ClCC(CCl)(Cc1sccc1Br)C1CCCC1. The fourth-order valence-electron chi connectivity index (χ4n) is 2.80. The third kappa shape index (κ3) is 3.02. The van der Waals surface area contributed by atoms with Gasteiger partial charge in [-0.05, 0) is 52.6 Å². The van der Waals surface area contributed by atoms with Crippen molar-refractivity contribution in [3.05, 3.63) is 20.8 Å². The Labute approximate surface area is 126 Å². The van der Waals surface area contributed by atoms with Crippen molar-refractivity contribution in [1.29, 1.82) is 0 Å². The van der Waals surface area contributed by atoms with Gasteiger partial charge in [0.05, 0.1) is 0 Å². The Morgan fingerprint density at radius 3 is 2.41 bits per heavy atom. The van der Waals surface area contributed by atoms with Crippen LogP contribution >= 0.6 is 50.5 Å². The lowest BCUT2D eigenvalue weighted by Crippen LogP contribution is -2.35. The monoisotopic (exact) mass is 354 g/mol. The first-order valence-corrected chi connectivity index (χ1v) is 8.80. The summed E-state index contributed by atoms with van der Waals surface area (Å²) in [6.07, 6.45) is 6.28. The van der Waals surface area contributed by atoms with Crippen molar-refractivity contribution in [2.45, 2.75) is 32.1 Å². The van der Waals surface area contributed by atoms with E-state index in [1.54, 1.807) is 11.3 Å². The highest BCUT2D eigenvalue weighted by Crippen LogP contribution is 2.45. The first-order valence-electron chi connectivity index (χ1n) is 6.05. The van der Waals surface area contributed by atoms with Gasteiger partial charge in [-0.1, -0.05) is 12.8 Å². The van der Waals surface area contributed by atoms with Crippen LogP contribution in [0, 0.1) is 11.3 Å². The lowest BCUT2D eigenvalue weighted by Gasteiger charge is -2.35. The van der Waals surface area contributed by atoms with Gasteiger partial charge in [0.1, 0.15) is 0 Å². The molecule has 1 aliphatic rings. The van der Waals surface area contributed by atoms with Crippen LogP contribution < -0.4 is 0 Å². The highest BCUT2D eigenvalue weighted by atomic mass is 79.9. The molecule has 0 bridgehead atoms. The Hall–Kier alpha value is 0.760. The number of hydrogen-bond acceptors (Lipinski definition) is 1. The molecule has 4 heteroatoms. The Kier molecular flexibility index (Phi) is 5.23. The molecule has 1 aliphatic carbocycles. The lowest BCUT2D eigenvalue weighted by atomic mass is 9.74. The van der Waals surface area contributed by atoms with Crippen molar-refractivity contribution >= 4 is 50.5 Å². The number of rotatable bonds is 5. The molecule has 1 fully saturated rings. The van der Waals surface area contributed by atoms with Gasteiger partial charge in [-0.3, -0.25) is 0 Å². The minimum Gasteiger partial charge on any atom is -0.148 e. The largest absolute Gasteiger partial charge is 0.148 e. The van der Waals surface area contributed by atoms with E-state index in [1.807, 2.05) is 0 Å². The molecule has 1 heterocycles. The first kappa shape index (κ1) is 14.2. The molecular weight excluding hydrogens is 339 g/mol. The quantitative estimate of drug-likeness (QED) is 0.593. The topological polar surface area (TPSA) is 0 Å². The summed E-state index contributed by atoms with van der Waals surface area (Å²) in [5.41, 5.74) is 0.0903. The second-order valence-corrected chi connectivity index (χ2v) is 7.37. The van der Waals surface area contributed by atoms with Gasteiger partial charge in [0.2, 0.25) is 0 Å². The molecule has 2 rings (SSSR count). The van der Waals surface area contributed by atoms with E-state index in [0.29, 0.717) is 17.7 Å². The van der Waals surface area contributed by atoms with Crippen LogP contribution in [-0.2, 0) is 6.42 Å². The van der Waals surface area contributed by atoms with Crippen molar-refractivity contribution < 1.29 is 0 Å². The summed E-state index contributed by atoms with van der Waals surface area (Å²) in [4.78, 5) is 1.39. The van der Waals surface area contributed by atoms with Crippen LogP contribution in [0.1, 0.15) is 30.6 Å². The van der Waals surface area contributed by atoms with Gasteiger partial charge < -0.3 is 0 Å². The summed E-state index contributed by atoms with van der Waals surface area (Å²) in [6, 6.07) is 2.11. The Morgan fingerprint density at radius 1 is 1.29 bits per heavy atom. The number of alkyl halides is 2. The van der Waals surface area contributed by atoms with E-state index >= 15 is 0 Å². The molecule has 0 radical (unpaired) electrons. The number of thiophene rings is 1. The molecule has 96 valence electrons. The highest BCUT2D eigenvalue weighted by molar-refractivity contribution is 9.10. The van der Waals surface area contributed by atoms with Crippen molar-refractivity contribution in [3.8, 4) is 0 Å². The van der Waals surface area contributed by atoms with Gasteiger partial charge in [-0.15, -0.1) is 34.5 Å². The van der Waals surface area contributed by atoms with Crippen molar-refractivity contribution in [2.24, 2.45) is 11.3 Å². The average molecular weight is 356 g/mol. The maximum atomic E-state index is 6.28. The van der Waals surface area contributed by atoms with E-state index in [-0.39, 0.29) is 5.41 Å². The molecule has 0 amide bonds. The summed E-state index contributed by atoms with van der Waals surface area (Å²) in [5.74, 6) is 2.04. The van der Waals surface area contributed by atoms with E-state index in [9.17, 15) is 0 Å². The molecule has 0 atom stereocenters. The number of halogens is 3. The predicted molar refractivity (Wildman–Crippen MR) is 81.6 cm³/mol. The standard InChI is InChI=1S/C13H17BrCl2S/c14-11-5-6-17-12(11)7-13(8-15,9-16)10-3-1-2-4-10/h5-6,10H,1-4,7-9H2. The predicted octanol–water partition coefficient (Wildman–Crippen LogP) is 5.71. The van der Waals surface area contributed by atoms with Crippen LogP contribution in [-0.4, -0.2) is 11.8 Å². The highest BCUT2D eigenvalue weighted by Gasteiger charge is 2.39. The molecule has 1 saturated carbocycles. The van der Waals surface area contributed by atoms with Gasteiger partial charge in [-0.2, -0.15) is 0 Å². The minimum atomic E-state index is 0.0903. The minimum absolute atomic E-state index is 0.0903. The second kappa shape index (κ2) is 6.27. The summed E-state index contributed by atoms with van der Waals surface area (Å²) in [7, 11) is 0. The van der Waals surface area contributed by atoms with Gasteiger partial charge in [0.25, 0.3) is 0 Å². The van der Waals surface area contributed by atoms with Crippen LogP contribution in [0.3, 0.4) is 0 Å². The molecule has 0 N–H and O–H groups in total. The normalized spacial score (nSPS) is 17.8. The van der Waals surface area contributed by atoms with Crippen LogP contribution in [0.5, 0.6) is 0 Å². The molecular formula is C13H17BrCl2S. The van der Waals surface area contributed by atoms with E-state index in [2.05, 4.69) is 27.4 Å². The smallest absolute Gasteiger partial charge is 0.0314 e. The molecule has 0 nitrogen and oxygen atoms in total. The molecule has 0 aromatic carbocycles. The van der Waals surface area contributed by atoms with Crippen LogP contribution in [0.4, 0.5) is 0 Å². The molecule has 0 aliphatic heterocycles. The molecule has 1 aromatic rings. The summed E-state index contributed by atoms with van der Waals surface area (Å²) in [5, 5.41) is 2.13. The van der Waals surface area contributed by atoms with Gasteiger partial charge >= 0.3 is 0 Å². The van der Waals surface area contributed by atoms with Crippen molar-refractivity contribution in [3.63, 3.8) is 0 Å². The summed E-state index contributed by atoms with van der Waals surface area (Å²) < 4.78 is 1.21. The fourth-order valence-corrected chi connectivity index (χ4v) is 5.36. The van der Waals surface area contributed by atoms with E-state index in [0.717, 1.165) is 6.42 Å². The molecule has 1 aromatic heterocycles. The van der Waals surface area contributed by atoms with Crippen LogP contribution in [0.15, 0.2) is 15.9 Å². The second-order valence-electron chi connectivity index (χ2n) is 4.98. The Bertz CT molecular complexity index is 354. The maximum absolute atomic E-state index is 6.28. The third-order valence-electron chi connectivity index (χ3n) is 3.96. The molecule has 0 unspecified atom stereocenters. The molecule has 17 heavy (non-hydrogen) atoms. The van der Waals surface area contributed by atoms with E-state index in [1.165, 1.54) is 35.0 Å². The zero-order chi connectivity index (χ0) is 12.3. The Morgan fingerprint density at radius 2 is 1.94 bits per heavy atom. The molecule has 0 saturated heterocycles. The van der Waals surface area contributed by atoms with Gasteiger partial charge in [0.15, 0.2) is 0 Å². The van der Waals surface area contributed by atoms with E-state index in [4.69, 9.17) is 23.2 Å². The maximum Gasteiger partial charge on any atom is 0.0314 e. The first-order chi connectivity index (χ1) is 8.22. The van der Waals surface area contributed by atoms with Crippen molar-refractivity contribution in [2.75, 3.05) is 11.8 Å². The summed E-state index contributed by atoms with van der Waals surface area (Å²) >= 11 is 18.0. The molecule has 0 spiro atoms. The van der Waals surface area contributed by atoms with Crippen molar-refractivity contribution in [1.82, 2.24) is 0 Å².